The number of alkyl halides is 3. The van der Waals surface area contributed by atoms with Crippen molar-refractivity contribution in [2.45, 2.75) is 55.8 Å². The third-order valence-corrected chi connectivity index (χ3v) is 6.67. The Morgan fingerprint density at radius 2 is 1.79 bits per heavy atom. The first kappa shape index (κ1) is 24.1. The van der Waals surface area contributed by atoms with E-state index in [0.29, 0.717) is 23.6 Å². The summed E-state index contributed by atoms with van der Waals surface area (Å²) < 4.78 is 49.1. The molecule has 0 spiro atoms. The molecule has 7 nitrogen and oxygen atoms in total. The van der Waals surface area contributed by atoms with E-state index in [0.717, 1.165) is 38.3 Å². The molecule has 4 aliphatic carbocycles. The van der Waals surface area contributed by atoms with E-state index < -0.39 is 23.5 Å². The van der Waals surface area contributed by atoms with Crippen LogP contribution in [-0.4, -0.2) is 38.0 Å². The van der Waals surface area contributed by atoms with Gasteiger partial charge in [-0.2, -0.15) is 13.2 Å². The fourth-order valence-corrected chi connectivity index (χ4v) is 5.96. The number of halogens is 4. The molecule has 1 heterocycles. The first-order valence-electron chi connectivity index (χ1n) is 10.8. The lowest BCUT2D eigenvalue weighted by molar-refractivity contribution is -0.141. The molecule has 2 aromatic rings. The standard InChI is InChI=1S/C17H20FN2O.C6H3F3N2O2/c18-14-3-1-2-13(5-14)15(21)20-17-8-11-4-12(9-17)7-16(19,6-11)10-17;7-6(8,9)4-2-10-1-3(11-4)5(12)13/h1-3,5,11-12,19H,4,6-10H2,(H,20,21);1-2H,(H,12,13)/q-1;. The largest absolute Gasteiger partial charge is 0.672 e. The molecular formula is C23H23F4N4O3-. The number of hydrogen-bond acceptors (Lipinski definition) is 4. The van der Waals surface area contributed by atoms with Crippen LogP contribution in [0.1, 0.15) is 65.1 Å². The van der Waals surface area contributed by atoms with Gasteiger partial charge in [-0.1, -0.05) is 18.9 Å². The van der Waals surface area contributed by atoms with Gasteiger partial charge in [0, 0.05) is 11.1 Å². The highest BCUT2D eigenvalue weighted by molar-refractivity contribution is 5.94. The first-order chi connectivity index (χ1) is 15.9. The zero-order valence-corrected chi connectivity index (χ0v) is 18.0. The molecule has 6 rings (SSSR count). The van der Waals surface area contributed by atoms with Crippen LogP contribution in [0.15, 0.2) is 36.7 Å². The molecule has 4 fully saturated rings. The Bertz CT molecular complexity index is 1090. The molecule has 0 aliphatic heterocycles. The van der Waals surface area contributed by atoms with Crippen molar-refractivity contribution >= 4 is 11.9 Å². The van der Waals surface area contributed by atoms with Crippen LogP contribution in [0.3, 0.4) is 0 Å². The van der Waals surface area contributed by atoms with Crippen LogP contribution < -0.4 is 5.32 Å². The molecule has 0 saturated heterocycles. The Morgan fingerprint density at radius 3 is 2.35 bits per heavy atom. The van der Waals surface area contributed by atoms with E-state index in [1.165, 1.54) is 18.6 Å². The predicted molar refractivity (Wildman–Crippen MR) is 112 cm³/mol. The normalized spacial score (nSPS) is 29.2. The van der Waals surface area contributed by atoms with Crippen LogP contribution in [0.2, 0.25) is 0 Å². The number of carbonyl (C=O) groups excluding carboxylic acids is 1. The van der Waals surface area contributed by atoms with Crippen LogP contribution >= 0.6 is 0 Å². The number of nitrogens with one attached hydrogen (secondary N) is 2. The highest BCUT2D eigenvalue weighted by Crippen LogP contribution is 2.58. The molecule has 2 unspecified atom stereocenters. The number of hydrogen-bond donors (Lipinski definition) is 2. The lowest BCUT2D eigenvalue weighted by atomic mass is 9.50. The Labute approximate surface area is 192 Å². The summed E-state index contributed by atoms with van der Waals surface area (Å²) in [5, 5.41) is 11.5. The first-order valence-corrected chi connectivity index (χ1v) is 10.8. The molecule has 1 amide bonds. The molecule has 4 saturated carbocycles. The molecule has 1 aromatic heterocycles. The minimum absolute atomic E-state index is 0.194. The third-order valence-electron chi connectivity index (χ3n) is 6.67. The lowest BCUT2D eigenvalue weighted by Crippen LogP contribution is -2.64. The predicted octanol–water partition coefficient (Wildman–Crippen LogP) is 4.89. The second kappa shape index (κ2) is 8.61. The van der Waals surface area contributed by atoms with Crippen molar-refractivity contribution in [2.24, 2.45) is 11.8 Å². The summed E-state index contributed by atoms with van der Waals surface area (Å²) in [5.74, 6) is -0.961. The second-order valence-corrected chi connectivity index (χ2v) is 9.58. The van der Waals surface area contributed by atoms with Crippen molar-refractivity contribution in [1.29, 1.82) is 0 Å². The molecule has 1 aromatic carbocycles. The third kappa shape index (κ3) is 5.19. The van der Waals surface area contributed by atoms with Gasteiger partial charge in [0.25, 0.3) is 5.91 Å². The van der Waals surface area contributed by atoms with Gasteiger partial charge in [0.2, 0.25) is 0 Å². The summed E-state index contributed by atoms with van der Waals surface area (Å²) >= 11 is 0. The average Bonchev–Trinajstić information content (AvgIpc) is 2.71. The van der Waals surface area contributed by atoms with E-state index in [9.17, 15) is 27.2 Å². The van der Waals surface area contributed by atoms with E-state index in [-0.39, 0.29) is 22.8 Å². The summed E-state index contributed by atoms with van der Waals surface area (Å²) in [6, 6.07) is 5.85. The maximum atomic E-state index is 13.3. The summed E-state index contributed by atoms with van der Waals surface area (Å²) in [5.41, 5.74) is 6.37. The number of rotatable bonds is 3. The molecule has 4 bridgehead atoms. The van der Waals surface area contributed by atoms with Crippen molar-refractivity contribution in [3.8, 4) is 0 Å². The van der Waals surface area contributed by atoms with E-state index in [4.69, 9.17) is 10.8 Å². The van der Waals surface area contributed by atoms with Gasteiger partial charge in [0.05, 0.1) is 12.4 Å². The fourth-order valence-electron chi connectivity index (χ4n) is 5.96. The van der Waals surface area contributed by atoms with Gasteiger partial charge in [0.15, 0.2) is 11.4 Å². The number of carbonyl (C=O) groups is 2. The highest BCUT2D eigenvalue weighted by atomic mass is 19.4. The Hall–Kier alpha value is -3.08. The van der Waals surface area contributed by atoms with Crippen molar-refractivity contribution < 1.29 is 32.3 Å². The molecule has 11 heteroatoms. The van der Waals surface area contributed by atoms with Crippen LogP contribution in [0.4, 0.5) is 17.6 Å². The number of benzene rings is 1. The summed E-state index contributed by atoms with van der Waals surface area (Å²) in [6.07, 6.45) is 2.48. The van der Waals surface area contributed by atoms with Crippen molar-refractivity contribution in [1.82, 2.24) is 15.3 Å². The molecule has 3 N–H and O–H groups in total. The summed E-state index contributed by atoms with van der Waals surface area (Å²) in [6.45, 7) is 0. The number of amides is 1. The maximum absolute atomic E-state index is 13.3. The molecule has 4 aliphatic rings. The van der Waals surface area contributed by atoms with Crippen molar-refractivity contribution in [3.05, 3.63) is 65.2 Å². The molecule has 34 heavy (non-hydrogen) atoms. The van der Waals surface area contributed by atoms with Crippen molar-refractivity contribution in [3.63, 3.8) is 0 Å². The lowest BCUT2D eigenvalue weighted by Gasteiger charge is -2.65. The van der Waals surface area contributed by atoms with Crippen LogP contribution in [-0.2, 0) is 6.18 Å². The molecular weight excluding hydrogens is 456 g/mol. The van der Waals surface area contributed by atoms with Gasteiger partial charge >= 0.3 is 12.1 Å². The van der Waals surface area contributed by atoms with Gasteiger partial charge in [-0.3, -0.25) is 9.78 Å². The topological polar surface area (TPSA) is 116 Å². The SMILES string of the molecule is O=C(O)c1cncc(C(F)(F)F)n1.[NH-]C12CC3CC(C1)CC(NC(=O)c1cccc(F)c1)(C3)C2. The van der Waals surface area contributed by atoms with Gasteiger partial charge in [0.1, 0.15) is 5.82 Å². The van der Waals surface area contributed by atoms with E-state index in [2.05, 4.69) is 15.3 Å². The second-order valence-electron chi connectivity index (χ2n) is 9.58. The minimum Gasteiger partial charge on any atom is -0.672 e. The Kier molecular flexibility index (Phi) is 6.09. The zero-order valence-electron chi connectivity index (χ0n) is 18.0. The molecule has 2 atom stereocenters. The smallest absolute Gasteiger partial charge is 0.434 e. The maximum Gasteiger partial charge on any atom is 0.434 e. The minimum atomic E-state index is -4.67. The Balaban J connectivity index is 0.000000182. The van der Waals surface area contributed by atoms with Crippen LogP contribution in [0.5, 0.6) is 0 Å². The van der Waals surface area contributed by atoms with Gasteiger partial charge < -0.3 is 16.2 Å². The van der Waals surface area contributed by atoms with Gasteiger partial charge in [-0.05, 0) is 55.7 Å². The monoisotopic (exact) mass is 479 g/mol. The van der Waals surface area contributed by atoms with Crippen molar-refractivity contribution in [2.75, 3.05) is 0 Å². The quantitative estimate of drug-likeness (QED) is 0.608. The number of carboxylic acid groups (broad SMARTS) is 1. The van der Waals surface area contributed by atoms with E-state index in [1.807, 2.05) is 0 Å². The van der Waals surface area contributed by atoms with Gasteiger partial charge in [-0.15, -0.1) is 5.54 Å². The highest BCUT2D eigenvalue weighted by Gasteiger charge is 2.53. The molecule has 182 valence electrons. The van der Waals surface area contributed by atoms with E-state index >= 15 is 0 Å². The number of aromatic carboxylic acids is 1. The zero-order chi connectivity index (χ0) is 24.7. The average molecular weight is 479 g/mol. The number of aromatic nitrogens is 2. The van der Waals surface area contributed by atoms with Crippen LogP contribution in [0.25, 0.3) is 5.73 Å². The van der Waals surface area contributed by atoms with E-state index in [1.54, 1.807) is 12.1 Å². The number of nitrogens with zero attached hydrogens (tertiary/aromatic N) is 2. The fraction of sp³-hybridized carbons (Fsp3) is 0.478. The molecule has 0 radical (unpaired) electrons. The van der Waals surface area contributed by atoms with Crippen LogP contribution in [0, 0.1) is 17.7 Å². The summed E-state index contributed by atoms with van der Waals surface area (Å²) in [4.78, 5) is 28.6. The van der Waals surface area contributed by atoms with Gasteiger partial charge in [-0.25, -0.2) is 14.2 Å². The summed E-state index contributed by atoms with van der Waals surface area (Å²) in [7, 11) is 0. The number of carboxylic acids is 1. The Morgan fingerprint density at radius 1 is 1.12 bits per heavy atom.